The fourth-order valence-corrected chi connectivity index (χ4v) is 4.90. The first-order valence-corrected chi connectivity index (χ1v) is 9.33. The Kier molecular flexibility index (Phi) is 3.90. The number of hydrogen-bond donors (Lipinski definition) is 1. The summed E-state index contributed by atoms with van der Waals surface area (Å²) in [4.78, 5) is 34.8. The number of H-pyrrole nitrogens is 1. The van der Waals surface area contributed by atoms with Crippen molar-refractivity contribution in [3.63, 3.8) is 0 Å². The van der Waals surface area contributed by atoms with Crippen LogP contribution in [0.15, 0.2) is 45.4 Å². The molecule has 122 valence electrons. The van der Waals surface area contributed by atoms with Gasteiger partial charge in [0.05, 0.1) is 17.3 Å². The van der Waals surface area contributed by atoms with E-state index in [1.54, 1.807) is 23.7 Å². The van der Waals surface area contributed by atoms with Crippen molar-refractivity contribution < 1.29 is 4.79 Å². The second-order valence-corrected chi connectivity index (χ2v) is 7.92. The monoisotopic (exact) mass is 357 g/mol. The zero-order valence-corrected chi connectivity index (χ0v) is 14.6. The Morgan fingerprint density at radius 1 is 1.38 bits per heavy atom. The minimum atomic E-state index is -0.145. The molecule has 4 rings (SSSR count). The molecular formula is C17H15N3O2S2. The maximum Gasteiger partial charge on any atom is 0.268 e. The number of hydrogen-bond acceptors (Lipinski definition) is 5. The van der Waals surface area contributed by atoms with Gasteiger partial charge < -0.3 is 9.88 Å². The summed E-state index contributed by atoms with van der Waals surface area (Å²) in [7, 11) is 1.75. The Bertz CT molecular complexity index is 954. The molecule has 0 saturated carbocycles. The van der Waals surface area contributed by atoms with Crippen LogP contribution in [0.25, 0.3) is 10.2 Å². The van der Waals surface area contributed by atoms with Gasteiger partial charge in [-0.25, -0.2) is 4.98 Å². The van der Waals surface area contributed by atoms with Crippen molar-refractivity contribution in [2.75, 3.05) is 7.05 Å². The van der Waals surface area contributed by atoms with Crippen molar-refractivity contribution in [1.29, 1.82) is 0 Å². The number of thioether (sulfide) groups is 1. The highest BCUT2D eigenvalue weighted by atomic mass is 32.2. The van der Waals surface area contributed by atoms with Crippen LogP contribution in [0.4, 0.5) is 0 Å². The number of thiophene rings is 1. The first kappa shape index (κ1) is 15.4. The van der Waals surface area contributed by atoms with E-state index in [1.807, 2.05) is 23.6 Å². The van der Waals surface area contributed by atoms with Gasteiger partial charge in [-0.15, -0.1) is 23.1 Å². The molecule has 1 aliphatic rings. The molecule has 24 heavy (non-hydrogen) atoms. The normalized spacial score (nSPS) is 16.3. The molecule has 1 aliphatic heterocycles. The molecule has 3 heterocycles. The molecule has 0 bridgehead atoms. The SMILES string of the molecule is CN(Cc1nc2ccsc2c(=O)[nH]1)C(=O)C1Cc2ccccc2S1. The Balaban J connectivity index is 1.50. The molecule has 0 saturated heterocycles. The van der Waals surface area contributed by atoms with Gasteiger partial charge in [0.15, 0.2) is 0 Å². The summed E-state index contributed by atoms with van der Waals surface area (Å²) >= 11 is 2.98. The summed E-state index contributed by atoms with van der Waals surface area (Å²) in [5.74, 6) is 0.575. The first-order chi connectivity index (χ1) is 11.6. The number of carbonyl (C=O) groups is 1. The highest BCUT2D eigenvalue weighted by molar-refractivity contribution is 8.01. The van der Waals surface area contributed by atoms with Gasteiger partial charge in [-0.1, -0.05) is 18.2 Å². The third-order valence-corrected chi connectivity index (χ3v) is 6.26. The molecule has 0 spiro atoms. The predicted octanol–water partition coefficient (Wildman–Crippen LogP) is 2.66. The van der Waals surface area contributed by atoms with E-state index in [0.717, 1.165) is 6.42 Å². The number of carbonyl (C=O) groups excluding carboxylic acids is 1. The van der Waals surface area contributed by atoms with Gasteiger partial charge >= 0.3 is 0 Å². The van der Waals surface area contributed by atoms with E-state index in [9.17, 15) is 9.59 Å². The van der Waals surface area contributed by atoms with Crippen molar-refractivity contribution in [1.82, 2.24) is 14.9 Å². The number of amides is 1. The van der Waals surface area contributed by atoms with E-state index in [-0.39, 0.29) is 16.7 Å². The summed E-state index contributed by atoms with van der Waals surface area (Å²) in [6.45, 7) is 0.299. The fourth-order valence-electron chi connectivity index (χ4n) is 2.86. The topological polar surface area (TPSA) is 66.1 Å². The van der Waals surface area contributed by atoms with Crippen LogP contribution in [0.3, 0.4) is 0 Å². The lowest BCUT2D eigenvalue weighted by molar-refractivity contribution is -0.129. The van der Waals surface area contributed by atoms with Crippen LogP contribution >= 0.6 is 23.1 Å². The Morgan fingerprint density at radius 2 is 2.21 bits per heavy atom. The Hall–Kier alpha value is -2.12. The minimum absolute atomic E-state index is 0.0595. The standard InChI is InChI=1S/C17H15N3O2S2/c1-20(9-14-18-11-6-7-23-15(11)16(21)19-14)17(22)13-8-10-4-2-3-5-12(10)24-13/h2-7,13H,8-9H2,1H3,(H,18,19,21). The molecule has 1 unspecified atom stereocenters. The summed E-state index contributed by atoms with van der Waals surface area (Å²) in [6, 6.07) is 9.94. The van der Waals surface area contributed by atoms with Crippen molar-refractivity contribution in [2.24, 2.45) is 0 Å². The third kappa shape index (κ3) is 2.74. The molecule has 3 aromatic rings. The number of fused-ring (bicyclic) bond motifs is 2. The number of nitrogens with one attached hydrogen (secondary N) is 1. The molecule has 1 atom stereocenters. The van der Waals surface area contributed by atoms with Gasteiger partial charge in [-0.2, -0.15) is 0 Å². The molecule has 2 aromatic heterocycles. The molecule has 0 fully saturated rings. The zero-order chi connectivity index (χ0) is 16.7. The second-order valence-electron chi connectivity index (χ2n) is 5.76. The van der Waals surface area contributed by atoms with E-state index in [4.69, 9.17) is 0 Å². The van der Waals surface area contributed by atoms with Gasteiger partial charge in [0.2, 0.25) is 5.91 Å². The first-order valence-electron chi connectivity index (χ1n) is 7.58. The Morgan fingerprint density at radius 3 is 3.04 bits per heavy atom. The highest BCUT2D eigenvalue weighted by Gasteiger charge is 2.30. The average molecular weight is 357 g/mol. The molecule has 1 N–H and O–H groups in total. The molecule has 5 nitrogen and oxygen atoms in total. The van der Waals surface area contributed by atoms with Crippen molar-refractivity contribution in [3.05, 3.63) is 57.5 Å². The Labute approximate surface area is 146 Å². The second kappa shape index (κ2) is 6.07. The van der Waals surface area contributed by atoms with Crippen molar-refractivity contribution in [3.8, 4) is 0 Å². The number of rotatable bonds is 3. The maximum atomic E-state index is 12.7. The summed E-state index contributed by atoms with van der Waals surface area (Å²) in [5.41, 5.74) is 1.76. The molecule has 0 radical (unpaired) electrons. The highest BCUT2D eigenvalue weighted by Crippen LogP contribution is 2.37. The summed E-state index contributed by atoms with van der Waals surface area (Å²) < 4.78 is 0.620. The van der Waals surface area contributed by atoms with Gasteiger partial charge in [0, 0.05) is 11.9 Å². The minimum Gasteiger partial charge on any atom is -0.337 e. The van der Waals surface area contributed by atoms with E-state index >= 15 is 0 Å². The maximum absolute atomic E-state index is 12.7. The summed E-state index contributed by atoms with van der Waals surface area (Å²) in [5, 5.41) is 1.74. The van der Waals surface area contributed by atoms with Gasteiger partial charge in [-0.05, 0) is 29.5 Å². The van der Waals surface area contributed by atoms with Crippen LogP contribution in [0.2, 0.25) is 0 Å². The lowest BCUT2D eigenvalue weighted by atomic mass is 10.1. The molecular weight excluding hydrogens is 342 g/mol. The number of aromatic amines is 1. The van der Waals surface area contributed by atoms with Crippen LogP contribution in [0, 0.1) is 0 Å². The van der Waals surface area contributed by atoms with Gasteiger partial charge in [0.25, 0.3) is 5.56 Å². The quantitative estimate of drug-likeness (QED) is 0.783. The van der Waals surface area contributed by atoms with Crippen molar-refractivity contribution >= 4 is 39.2 Å². The number of nitrogens with zero attached hydrogens (tertiary/aromatic N) is 2. The lowest BCUT2D eigenvalue weighted by Crippen LogP contribution is -2.35. The van der Waals surface area contributed by atoms with E-state index in [0.29, 0.717) is 22.6 Å². The van der Waals surface area contributed by atoms with E-state index in [2.05, 4.69) is 22.1 Å². The average Bonchev–Trinajstić information content (AvgIpc) is 3.20. The molecule has 7 heteroatoms. The zero-order valence-electron chi connectivity index (χ0n) is 13.0. The number of aromatic nitrogens is 2. The van der Waals surface area contributed by atoms with Gasteiger partial charge in [-0.3, -0.25) is 9.59 Å². The van der Waals surface area contributed by atoms with E-state index in [1.165, 1.54) is 21.8 Å². The molecule has 0 aliphatic carbocycles. The predicted molar refractivity (Wildman–Crippen MR) is 96.5 cm³/mol. The lowest BCUT2D eigenvalue weighted by Gasteiger charge is -2.20. The summed E-state index contributed by atoms with van der Waals surface area (Å²) in [6.07, 6.45) is 0.748. The van der Waals surface area contributed by atoms with Crippen LogP contribution in [0.1, 0.15) is 11.4 Å². The van der Waals surface area contributed by atoms with Crippen LogP contribution in [-0.2, 0) is 17.8 Å². The molecule has 1 amide bonds. The van der Waals surface area contributed by atoms with Gasteiger partial charge in [0.1, 0.15) is 10.5 Å². The van der Waals surface area contributed by atoms with Crippen molar-refractivity contribution in [2.45, 2.75) is 23.1 Å². The number of benzene rings is 1. The fraction of sp³-hybridized carbons (Fsp3) is 0.235. The van der Waals surface area contributed by atoms with Crippen LogP contribution < -0.4 is 5.56 Å². The molecule has 1 aromatic carbocycles. The smallest absolute Gasteiger partial charge is 0.268 e. The van der Waals surface area contributed by atoms with Crippen LogP contribution in [0.5, 0.6) is 0 Å². The van der Waals surface area contributed by atoms with E-state index < -0.39 is 0 Å². The largest absolute Gasteiger partial charge is 0.337 e. The third-order valence-electron chi connectivity index (χ3n) is 4.05. The van der Waals surface area contributed by atoms with Crippen LogP contribution in [-0.4, -0.2) is 33.1 Å².